The number of aliphatic hydroxyl groups is 3. The first-order valence-electron chi connectivity index (χ1n) is 9.40. The number of methoxy groups -OCH3 is 1. The Balaban J connectivity index is 1.73. The first-order valence-corrected chi connectivity index (χ1v) is 9.40. The van der Waals surface area contributed by atoms with Crippen LogP contribution in [-0.2, 0) is 4.74 Å². The molecule has 32 heavy (non-hydrogen) atoms. The number of aromatic nitrogens is 4. The predicted molar refractivity (Wildman–Crippen MR) is 111 cm³/mol. The number of nitrogens with zero attached hydrogens (tertiary/aromatic N) is 4. The summed E-state index contributed by atoms with van der Waals surface area (Å²) in [7, 11) is 1.41. The summed E-state index contributed by atoms with van der Waals surface area (Å²) >= 11 is 0. The smallest absolute Gasteiger partial charge is 0.280 e. The Morgan fingerprint density at radius 3 is 2.84 bits per heavy atom. The van der Waals surface area contributed by atoms with E-state index in [0.717, 1.165) is 0 Å². The summed E-state index contributed by atoms with van der Waals surface area (Å²) in [5.41, 5.74) is 8.10. The van der Waals surface area contributed by atoms with Crippen LogP contribution in [0.25, 0.3) is 11.2 Å². The maximum atomic E-state index is 12.3. The van der Waals surface area contributed by atoms with E-state index in [1.807, 2.05) is 0 Å². The standard InChI is InChI=1S/C18H21N7O7/c1-31-9-4-7(2-3-8(9)27)5-20-24-18-21-11-14(22-17(19)23-15(11)30)25(18)16-13(29)12(28)10(6-26)32-16/h2-5,10,12-13,16,26-29H,6H2,1H3,(H,21,24)(H3,19,22,23,30). The number of hydrogen-bond donors (Lipinski definition) is 7. The molecule has 0 spiro atoms. The topological polar surface area (TPSA) is 213 Å². The largest absolute Gasteiger partial charge is 0.504 e. The minimum atomic E-state index is -1.46. The number of nitrogen functional groups attached to an aromatic ring is 1. The van der Waals surface area contributed by atoms with Crippen molar-refractivity contribution in [1.82, 2.24) is 19.5 Å². The highest BCUT2D eigenvalue weighted by molar-refractivity contribution is 5.82. The minimum absolute atomic E-state index is 0.0231. The molecular formula is C18H21N7O7. The fraction of sp³-hybridized carbons (Fsp3) is 0.333. The van der Waals surface area contributed by atoms with Gasteiger partial charge in [0.15, 0.2) is 28.9 Å². The van der Waals surface area contributed by atoms with Crippen molar-refractivity contribution in [3.63, 3.8) is 0 Å². The summed E-state index contributed by atoms with van der Waals surface area (Å²) in [5, 5.41) is 43.7. The van der Waals surface area contributed by atoms with E-state index < -0.39 is 36.7 Å². The number of H-pyrrole nitrogens is 1. The van der Waals surface area contributed by atoms with Crippen LogP contribution < -0.4 is 21.5 Å². The maximum absolute atomic E-state index is 12.3. The number of aromatic amines is 1. The molecule has 2 aromatic heterocycles. The molecule has 1 aliphatic heterocycles. The molecule has 0 radical (unpaired) electrons. The van der Waals surface area contributed by atoms with Gasteiger partial charge in [-0.25, -0.2) is 10.4 Å². The molecule has 3 heterocycles. The summed E-state index contributed by atoms with van der Waals surface area (Å²) < 4.78 is 11.8. The summed E-state index contributed by atoms with van der Waals surface area (Å²) in [5.74, 6) is -0.0207. The lowest BCUT2D eigenvalue weighted by Crippen LogP contribution is -2.33. The number of benzene rings is 1. The number of nitrogens with two attached hydrogens (primary N) is 1. The molecule has 4 rings (SSSR count). The number of ether oxygens (including phenoxy) is 2. The van der Waals surface area contributed by atoms with Crippen molar-refractivity contribution in [2.45, 2.75) is 24.5 Å². The Kier molecular flexibility index (Phi) is 5.67. The lowest BCUT2D eigenvalue weighted by atomic mass is 10.1. The lowest BCUT2D eigenvalue weighted by molar-refractivity contribution is -0.0501. The average molecular weight is 447 g/mol. The van der Waals surface area contributed by atoms with E-state index in [-0.39, 0.29) is 34.6 Å². The van der Waals surface area contributed by atoms with E-state index in [1.165, 1.54) is 24.0 Å². The molecule has 3 aromatic rings. The van der Waals surface area contributed by atoms with Crippen LogP contribution in [0.3, 0.4) is 0 Å². The third-order valence-electron chi connectivity index (χ3n) is 4.92. The highest BCUT2D eigenvalue weighted by atomic mass is 16.6. The molecule has 14 nitrogen and oxygen atoms in total. The molecule has 8 N–H and O–H groups in total. The van der Waals surface area contributed by atoms with Gasteiger partial charge in [0, 0.05) is 0 Å². The predicted octanol–water partition coefficient (Wildman–Crippen LogP) is -1.53. The van der Waals surface area contributed by atoms with Gasteiger partial charge in [0.05, 0.1) is 19.9 Å². The van der Waals surface area contributed by atoms with Gasteiger partial charge in [0.2, 0.25) is 11.9 Å². The molecule has 4 atom stereocenters. The molecule has 0 amide bonds. The van der Waals surface area contributed by atoms with Crippen molar-refractivity contribution in [2.24, 2.45) is 5.10 Å². The highest BCUT2D eigenvalue weighted by Gasteiger charge is 2.45. The van der Waals surface area contributed by atoms with E-state index in [1.54, 1.807) is 12.1 Å². The third kappa shape index (κ3) is 3.71. The number of anilines is 2. The lowest BCUT2D eigenvalue weighted by Gasteiger charge is -2.18. The summed E-state index contributed by atoms with van der Waals surface area (Å²) in [6.07, 6.45) is -3.75. The van der Waals surface area contributed by atoms with Crippen LogP contribution in [0.2, 0.25) is 0 Å². The molecule has 4 unspecified atom stereocenters. The van der Waals surface area contributed by atoms with Crippen molar-refractivity contribution >= 4 is 29.3 Å². The Labute approximate surface area is 179 Å². The molecule has 1 aliphatic rings. The number of rotatable bonds is 6. The number of hydrazone groups is 1. The second kappa shape index (κ2) is 8.43. The van der Waals surface area contributed by atoms with Crippen LogP contribution in [0.15, 0.2) is 28.1 Å². The Bertz CT molecular complexity index is 1220. The van der Waals surface area contributed by atoms with Gasteiger partial charge in [-0.15, -0.1) is 0 Å². The zero-order valence-corrected chi connectivity index (χ0v) is 16.7. The van der Waals surface area contributed by atoms with Crippen LogP contribution >= 0.6 is 0 Å². The van der Waals surface area contributed by atoms with Gasteiger partial charge < -0.3 is 35.6 Å². The van der Waals surface area contributed by atoms with Crippen LogP contribution in [-0.4, -0.2) is 78.2 Å². The monoisotopic (exact) mass is 447 g/mol. The fourth-order valence-electron chi connectivity index (χ4n) is 3.35. The van der Waals surface area contributed by atoms with E-state index in [9.17, 15) is 25.2 Å². The molecule has 0 aliphatic carbocycles. The van der Waals surface area contributed by atoms with Gasteiger partial charge in [-0.3, -0.25) is 14.3 Å². The minimum Gasteiger partial charge on any atom is -0.504 e. The molecule has 1 aromatic carbocycles. The van der Waals surface area contributed by atoms with Gasteiger partial charge in [0.1, 0.15) is 18.3 Å². The number of nitrogens with one attached hydrogen (secondary N) is 2. The Morgan fingerprint density at radius 1 is 1.38 bits per heavy atom. The molecule has 14 heteroatoms. The van der Waals surface area contributed by atoms with Crippen LogP contribution in [0.4, 0.5) is 11.9 Å². The number of aromatic hydroxyl groups is 1. The van der Waals surface area contributed by atoms with E-state index >= 15 is 0 Å². The normalized spacial score (nSPS) is 23.2. The molecule has 1 fully saturated rings. The van der Waals surface area contributed by atoms with Crippen LogP contribution in [0.1, 0.15) is 11.8 Å². The number of aliphatic hydroxyl groups excluding tert-OH is 3. The maximum Gasteiger partial charge on any atom is 0.280 e. The van der Waals surface area contributed by atoms with Crippen molar-refractivity contribution < 1.29 is 29.9 Å². The van der Waals surface area contributed by atoms with Crippen molar-refractivity contribution in [3.8, 4) is 11.5 Å². The molecule has 0 saturated carbocycles. The van der Waals surface area contributed by atoms with Crippen molar-refractivity contribution in [3.05, 3.63) is 34.1 Å². The van der Waals surface area contributed by atoms with Gasteiger partial charge in [-0.1, -0.05) is 0 Å². The second-order valence-corrected chi connectivity index (χ2v) is 6.96. The zero-order valence-electron chi connectivity index (χ0n) is 16.7. The number of phenols is 1. The Morgan fingerprint density at radius 2 is 2.16 bits per heavy atom. The molecule has 170 valence electrons. The first-order chi connectivity index (χ1) is 15.3. The van der Waals surface area contributed by atoms with Crippen LogP contribution in [0.5, 0.6) is 11.5 Å². The Hall–Kier alpha value is -3.72. The van der Waals surface area contributed by atoms with Gasteiger partial charge in [-0.05, 0) is 23.8 Å². The van der Waals surface area contributed by atoms with Crippen molar-refractivity contribution in [2.75, 3.05) is 24.9 Å². The highest BCUT2D eigenvalue weighted by Crippen LogP contribution is 2.34. The second-order valence-electron chi connectivity index (χ2n) is 6.96. The molecular weight excluding hydrogens is 426 g/mol. The number of hydrogen-bond acceptors (Lipinski definition) is 12. The van der Waals surface area contributed by atoms with Crippen LogP contribution in [0, 0.1) is 0 Å². The average Bonchev–Trinajstić information content (AvgIpc) is 3.26. The van der Waals surface area contributed by atoms with Crippen molar-refractivity contribution in [1.29, 1.82) is 0 Å². The number of fused-ring (bicyclic) bond motifs is 1. The van der Waals surface area contributed by atoms with E-state index in [2.05, 4.69) is 25.5 Å². The fourth-order valence-corrected chi connectivity index (χ4v) is 3.35. The quantitative estimate of drug-likeness (QED) is 0.170. The summed E-state index contributed by atoms with van der Waals surface area (Å²) in [4.78, 5) is 22.8. The van der Waals surface area contributed by atoms with E-state index in [4.69, 9.17) is 15.2 Å². The van der Waals surface area contributed by atoms with Gasteiger partial charge >= 0.3 is 0 Å². The van der Waals surface area contributed by atoms with Gasteiger partial charge in [-0.2, -0.15) is 10.1 Å². The number of phenolic OH excluding ortho intramolecular Hbond substituents is 1. The van der Waals surface area contributed by atoms with E-state index in [0.29, 0.717) is 5.56 Å². The first kappa shape index (κ1) is 21.5. The molecule has 1 saturated heterocycles. The number of imidazole rings is 1. The van der Waals surface area contributed by atoms with Gasteiger partial charge in [0.25, 0.3) is 5.56 Å². The summed E-state index contributed by atoms with van der Waals surface area (Å²) in [6.45, 7) is -0.541. The summed E-state index contributed by atoms with van der Waals surface area (Å²) in [6, 6.07) is 4.56. The molecule has 0 bridgehead atoms. The zero-order chi connectivity index (χ0) is 23.0. The SMILES string of the molecule is COc1cc(C=NNc2nc3c(=O)[nH]c(N)nc3n2C2OC(CO)C(O)C2O)ccc1O. The third-order valence-corrected chi connectivity index (χ3v) is 4.92.